The van der Waals surface area contributed by atoms with Gasteiger partial charge in [-0.15, -0.1) is 0 Å². The Kier molecular flexibility index (Phi) is 10.8. The lowest BCUT2D eigenvalue weighted by atomic mass is 10.1. The molecular formula is C39H34O12P6. The molecule has 0 bridgehead atoms. The Morgan fingerprint density at radius 2 is 0.509 bits per heavy atom. The quantitative estimate of drug-likeness (QED) is 0.134. The van der Waals surface area contributed by atoms with E-state index < -0.39 is 45.6 Å². The smallest absolute Gasteiger partial charge is 0.254 e. The third-order valence-corrected chi connectivity index (χ3v) is 25.0. The number of rotatable bonds is 8. The van der Waals surface area contributed by atoms with E-state index in [1.54, 1.807) is 84.9 Å². The molecule has 18 heteroatoms. The van der Waals surface area contributed by atoms with Crippen molar-refractivity contribution in [3.8, 4) is 0 Å². The molecule has 8 rings (SSSR count). The molecule has 0 aliphatic carbocycles. The zero-order valence-corrected chi connectivity index (χ0v) is 35.7. The summed E-state index contributed by atoms with van der Waals surface area (Å²) in [6.45, 7) is 3.69. The first-order valence-corrected chi connectivity index (χ1v) is 26.7. The zero-order chi connectivity index (χ0) is 40.1. The summed E-state index contributed by atoms with van der Waals surface area (Å²) in [5.74, 6) is 0. The van der Waals surface area contributed by atoms with Crippen molar-refractivity contribution in [1.82, 2.24) is 0 Å². The molecule has 0 N–H and O–H groups in total. The van der Waals surface area contributed by atoms with Crippen LogP contribution in [0.2, 0.25) is 0 Å². The summed E-state index contributed by atoms with van der Waals surface area (Å²) in [4.78, 5) is 0. The summed E-state index contributed by atoms with van der Waals surface area (Å²) < 4.78 is 120. The first kappa shape index (κ1) is 40.2. The van der Waals surface area contributed by atoms with E-state index in [9.17, 15) is 27.4 Å². The maximum absolute atomic E-state index is 14.5. The average Bonchev–Trinajstić information content (AvgIpc) is 3.19. The normalized spacial score (nSPS) is 30.1. The van der Waals surface area contributed by atoms with Gasteiger partial charge in [0.1, 0.15) is 0 Å². The minimum Gasteiger partial charge on any atom is -0.254 e. The highest BCUT2D eigenvalue weighted by molar-refractivity contribution is 7.88. The number of benzene rings is 6. The van der Waals surface area contributed by atoms with Gasteiger partial charge in [-0.1, -0.05) is 96.1 Å². The predicted octanol–water partition coefficient (Wildman–Crippen LogP) is 9.73. The Hall–Kier alpha value is -3.54. The van der Waals surface area contributed by atoms with E-state index in [2.05, 4.69) is 0 Å². The van der Waals surface area contributed by atoms with E-state index in [-0.39, 0.29) is 31.8 Å². The molecule has 6 aromatic carbocycles. The van der Waals surface area contributed by atoms with E-state index in [1.165, 1.54) is 72.8 Å². The molecule has 2 aliphatic heterocycles. The van der Waals surface area contributed by atoms with Crippen LogP contribution in [0.25, 0.3) is 0 Å². The van der Waals surface area contributed by atoms with Crippen molar-refractivity contribution in [2.45, 2.75) is 20.3 Å². The van der Waals surface area contributed by atoms with Crippen LogP contribution in [0.1, 0.15) is 22.3 Å². The van der Waals surface area contributed by atoms with Crippen LogP contribution in [0, 0.1) is 13.8 Å². The second-order valence-corrected chi connectivity index (χ2v) is 26.3. The molecule has 4 unspecified atom stereocenters. The van der Waals surface area contributed by atoms with Crippen molar-refractivity contribution < 1.29 is 53.3 Å². The van der Waals surface area contributed by atoms with E-state index in [4.69, 9.17) is 25.9 Å². The Morgan fingerprint density at radius 3 is 0.754 bits per heavy atom. The molecule has 0 saturated carbocycles. The van der Waals surface area contributed by atoms with Crippen LogP contribution in [0.3, 0.4) is 0 Å². The Morgan fingerprint density at radius 1 is 0.298 bits per heavy atom. The van der Waals surface area contributed by atoms with E-state index in [0.29, 0.717) is 6.42 Å². The Balaban J connectivity index is 1.06. The van der Waals surface area contributed by atoms with Crippen LogP contribution in [-0.4, -0.2) is 0 Å². The lowest BCUT2D eigenvalue weighted by molar-refractivity contribution is 0.293. The largest absolute Gasteiger partial charge is 0.376 e. The molecule has 4 atom stereocenters. The zero-order valence-electron chi connectivity index (χ0n) is 30.3. The van der Waals surface area contributed by atoms with Crippen molar-refractivity contribution in [2.24, 2.45) is 0 Å². The fourth-order valence-electron chi connectivity index (χ4n) is 6.01. The third kappa shape index (κ3) is 8.09. The predicted molar refractivity (Wildman–Crippen MR) is 221 cm³/mol. The van der Waals surface area contributed by atoms with Gasteiger partial charge in [0.2, 0.25) is 0 Å². The monoisotopic (exact) mass is 880 g/mol. The van der Waals surface area contributed by atoms with E-state index in [1.807, 2.05) is 13.8 Å². The van der Waals surface area contributed by atoms with Crippen LogP contribution < -0.4 is 31.8 Å². The number of hydrogen-bond acceptors (Lipinski definition) is 12. The van der Waals surface area contributed by atoms with Gasteiger partial charge in [0.15, 0.2) is 0 Å². The molecule has 6 aromatic rings. The summed E-state index contributed by atoms with van der Waals surface area (Å²) in [6, 6.07) is 41.1. The summed E-state index contributed by atoms with van der Waals surface area (Å²) in [5, 5.41) is 0.323. The van der Waals surface area contributed by atoms with Gasteiger partial charge < -0.3 is 0 Å². The van der Waals surface area contributed by atoms with Crippen molar-refractivity contribution in [3.63, 3.8) is 0 Å². The van der Waals surface area contributed by atoms with Gasteiger partial charge >= 0.3 is 45.6 Å². The third-order valence-electron chi connectivity index (χ3n) is 9.05. The Labute approximate surface area is 329 Å². The van der Waals surface area contributed by atoms with Gasteiger partial charge in [-0.25, -0.2) is 25.9 Å². The van der Waals surface area contributed by atoms with Crippen LogP contribution in [0.4, 0.5) is 0 Å². The maximum Gasteiger partial charge on any atom is 0.376 e. The number of hydrogen-bond donors (Lipinski definition) is 0. The highest BCUT2D eigenvalue weighted by Crippen LogP contribution is 2.82. The van der Waals surface area contributed by atoms with Gasteiger partial charge in [-0.3, -0.25) is 27.4 Å². The second-order valence-electron chi connectivity index (χ2n) is 13.3. The van der Waals surface area contributed by atoms with Crippen molar-refractivity contribution >= 4 is 77.4 Å². The standard InChI is InChI=1S/C39H34O12P6/c1-30-13-21-36(22-14-30)54(42)49-55(43,37-23-15-31(2)16-24-37)51-57(45,50-54)39-27-19-33(20-28-39)29-32-17-25-38(26-18-32)56(44)47-52(40,34-9-5-3-6-10-34)46-53(41,48-56)35-11-7-4-8-12-35/h3-28H,29H2,1-2H3. The van der Waals surface area contributed by atoms with E-state index in [0.717, 1.165) is 22.3 Å². The molecule has 0 amide bonds. The molecule has 2 aliphatic rings. The van der Waals surface area contributed by atoms with Crippen molar-refractivity contribution in [2.75, 3.05) is 0 Å². The van der Waals surface area contributed by atoms with Gasteiger partial charge in [-0.05, 0) is 104 Å². The van der Waals surface area contributed by atoms with Gasteiger partial charge in [0.05, 0.1) is 31.8 Å². The lowest BCUT2D eigenvalue weighted by Gasteiger charge is -2.34. The van der Waals surface area contributed by atoms with Gasteiger partial charge in [-0.2, -0.15) is 0 Å². The molecule has 0 radical (unpaired) electrons. The molecule has 2 heterocycles. The lowest BCUT2D eigenvalue weighted by Crippen LogP contribution is -2.22. The Bertz CT molecular complexity index is 2610. The summed E-state index contributed by atoms with van der Waals surface area (Å²) in [7, 11) is -26.8. The summed E-state index contributed by atoms with van der Waals surface area (Å²) in [5.41, 5.74) is 3.22. The highest BCUT2D eigenvalue weighted by atomic mass is 31.3. The molecular weight excluding hydrogens is 846 g/mol. The minimum absolute atomic E-state index is 0.0140. The average molecular weight is 881 g/mol. The van der Waals surface area contributed by atoms with Crippen LogP contribution >= 0.6 is 45.6 Å². The van der Waals surface area contributed by atoms with Crippen LogP contribution in [-0.2, 0) is 59.7 Å². The maximum atomic E-state index is 14.5. The van der Waals surface area contributed by atoms with Gasteiger partial charge in [0, 0.05) is 0 Å². The van der Waals surface area contributed by atoms with Crippen LogP contribution in [0.15, 0.2) is 158 Å². The summed E-state index contributed by atoms with van der Waals surface area (Å²) >= 11 is 0. The molecule has 57 heavy (non-hydrogen) atoms. The first-order valence-electron chi connectivity index (χ1n) is 17.4. The minimum atomic E-state index is -4.53. The van der Waals surface area contributed by atoms with Crippen molar-refractivity contribution in [3.05, 3.63) is 180 Å². The SMILES string of the molecule is Cc1ccc(P2(=O)OP(=O)(c3ccc(C)cc3)OP(=O)(c3ccc(Cc4ccc(P5(=O)OP(=O)(c6ccccc6)OP(=O)(c6ccccc6)O5)cc4)cc3)O2)cc1. The highest BCUT2D eigenvalue weighted by Gasteiger charge is 2.56. The second kappa shape index (κ2) is 15.2. The van der Waals surface area contributed by atoms with E-state index >= 15 is 0 Å². The number of aryl methyl sites for hydroxylation is 2. The molecule has 2 saturated heterocycles. The summed E-state index contributed by atoms with van der Waals surface area (Å²) in [6.07, 6.45) is 0.333. The molecule has 2 fully saturated rings. The van der Waals surface area contributed by atoms with Crippen molar-refractivity contribution in [1.29, 1.82) is 0 Å². The van der Waals surface area contributed by atoms with Crippen LogP contribution in [0.5, 0.6) is 0 Å². The van der Waals surface area contributed by atoms with Gasteiger partial charge in [0.25, 0.3) is 0 Å². The molecule has 12 nitrogen and oxygen atoms in total. The topological polar surface area (TPSA) is 158 Å². The molecule has 0 aromatic heterocycles. The molecule has 0 spiro atoms. The molecule has 292 valence electrons. The first-order chi connectivity index (χ1) is 27.1. The fourth-order valence-corrected chi connectivity index (χ4v) is 22.8. The fraction of sp³-hybridized carbons (Fsp3) is 0.0769.